The first-order valence-electron chi connectivity index (χ1n) is 5.49. The summed E-state index contributed by atoms with van der Waals surface area (Å²) in [6.45, 7) is 2.53. The second kappa shape index (κ2) is 4.56. The molecule has 2 atom stereocenters. The lowest BCUT2D eigenvalue weighted by molar-refractivity contribution is -0.0481. The van der Waals surface area contributed by atoms with Gasteiger partial charge in [-0.05, 0) is 53.6 Å². The molecule has 3 nitrogen and oxygen atoms in total. The van der Waals surface area contributed by atoms with Gasteiger partial charge in [0.1, 0.15) is 11.0 Å². The SMILES string of the molecule is CC(O)(c1ccc(I)cc1)C1(C#N)CCOC1. The van der Waals surface area contributed by atoms with Gasteiger partial charge in [-0.2, -0.15) is 5.26 Å². The zero-order chi connectivity index (χ0) is 12.5. The van der Waals surface area contributed by atoms with Crippen molar-refractivity contribution in [2.75, 3.05) is 13.2 Å². The van der Waals surface area contributed by atoms with Crippen molar-refractivity contribution in [1.29, 1.82) is 5.26 Å². The summed E-state index contributed by atoms with van der Waals surface area (Å²) in [5.74, 6) is 0. The summed E-state index contributed by atoms with van der Waals surface area (Å²) >= 11 is 2.21. The van der Waals surface area contributed by atoms with E-state index < -0.39 is 11.0 Å². The second-order valence-electron chi connectivity index (χ2n) is 4.58. The topological polar surface area (TPSA) is 53.2 Å². The molecule has 0 saturated carbocycles. The molecule has 0 amide bonds. The van der Waals surface area contributed by atoms with Crippen LogP contribution in [-0.4, -0.2) is 18.3 Å². The lowest BCUT2D eigenvalue weighted by atomic mass is 9.70. The van der Waals surface area contributed by atoms with Crippen molar-refractivity contribution in [1.82, 2.24) is 0 Å². The van der Waals surface area contributed by atoms with Crippen LogP contribution in [0, 0.1) is 20.3 Å². The molecule has 0 spiro atoms. The molecule has 2 unspecified atom stereocenters. The van der Waals surface area contributed by atoms with Crippen molar-refractivity contribution in [3.05, 3.63) is 33.4 Å². The molecule has 1 aliphatic rings. The van der Waals surface area contributed by atoms with Crippen LogP contribution in [0.2, 0.25) is 0 Å². The first-order valence-corrected chi connectivity index (χ1v) is 6.57. The number of ether oxygens (including phenoxy) is 1. The van der Waals surface area contributed by atoms with Crippen LogP contribution in [0.3, 0.4) is 0 Å². The number of nitriles is 1. The van der Waals surface area contributed by atoms with Gasteiger partial charge in [-0.25, -0.2) is 0 Å². The van der Waals surface area contributed by atoms with Gasteiger partial charge >= 0.3 is 0 Å². The zero-order valence-electron chi connectivity index (χ0n) is 9.61. The Morgan fingerprint density at radius 1 is 1.47 bits per heavy atom. The highest BCUT2D eigenvalue weighted by atomic mass is 127. The molecule has 1 aromatic carbocycles. The molecule has 17 heavy (non-hydrogen) atoms. The van der Waals surface area contributed by atoms with E-state index in [1.165, 1.54) is 0 Å². The maximum absolute atomic E-state index is 10.7. The predicted octanol–water partition coefficient (Wildman–Crippen LogP) is 2.43. The number of hydrogen-bond donors (Lipinski definition) is 1. The summed E-state index contributed by atoms with van der Waals surface area (Å²) in [6, 6.07) is 9.87. The van der Waals surface area contributed by atoms with Gasteiger partial charge in [0.05, 0.1) is 12.7 Å². The molecular weight excluding hydrogens is 329 g/mol. The fraction of sp³-hybridized carbons (Fsp3) is 0.462. The largest absolute Gasteiger partial charge is 0.384 e. The normalized spacial score (nSPS) is 27.4. The molecule has 1 fully saturated rings. The summed E-state index contributed by atoms with van der Waals surface area (Å²) in [4.78, 5) is 0. The molecule has 4 heteroatoms. The molecule has 0 aliphatic carbocycles. The van der Waals surface area contributed by atoms with E-state index in [-0.39, 0.29) is 0 Å². The maximum atomic E-state index is 10.7. The van der Waals surface area contributed by atoms with Crippen LogP contribution in [0.4, 0.5) is 0 Å². The number of halogens is 1. The van der Waals surface area contributed by atoms with Gasteiger partial charge < -0.3 is 9.84 Å². The van der Waals surface area contributed by atoms with Crippen LogP contribution in [0.1, 0.15) is 18.9 Å². The van der Waals surface area contributed by atoms with Crippen LogP contribution < -0.4 is 0 Å². The molecular formula is C13H14INO2. The van der Waals surface area contributed by atoms with Gasteiger partial charge in [0, 0.05) is 10.2 Å². The van der Waals surface area contributed by atoms with E-state index in [0.717, 1.165) is 9.13 Å². The summed E-state index contributed by atoms with van der Waals surface area (Å²) in [5.41, 5.74) is -1.24. The summed E-state index contributed by atoms with van der Waals surface area (Å²) in [6.07, 6.45) is 0.572. The Bertz CT molecular complexity index is 441. The quantitative estimate of drug-likeness (QED) is 0.840. The third kappa shape index (κ3) is 2.07. The van der Waals surface area contributed by atoms with E-state index in [1.807, 2.05) is 24.3 Å². The van der Waals surface area contributed by atoms with Gasteiger partial charge in [-0.15, -0.1) is 0 Å². The highest BCUT2D eigenvalue weighted by Crippen LogP contribution is 2.45. The second-order valence-corrected chi connectivity index (χ2v) is 5.82. The van der Waals surface area contributed by atoms with Crippen molar-refractivity contribution in [3.8, 4) is 6.07 Å². The Morgan fingerprint density at radius 2 is 2.12 bits per heavy atom. The van der Waals surface area contributed by atoms with Crippen molar-refractivity contribution in [2.24, 2.45) is 5.41 Å². The molecule has 0 bridgehead atoms. The molecule has 1 aromatic rings. The van der Waals surface area contributed by atoms with Gasteiger partial charge in [-0.1, -0.05) is 12.1 Å². The summed E-state index contributed by atoms with van der Waals surface area (Å²) < 4.78 is 6.41. The van der Waals surface area contributed by atoms with Crippen LogP contribution in [0.25, 0.3) is 0 Å². The Balaban J connectivity index is 2.41. The molecule has 1 saturated heterocycles. The van der Waals surface area contributed by atoms with E-state index in [1.54, 1.807) is 6.92 Å². The van der Waals surface area contributed by atoms with Crippen LogP contribution in [0.5, 0.6) is 0 Å². The van der Waals surface area contributed by atoms with Crippen LogP contribution in [-0.2, 0) is 10.3 Å². The highest BCUT2D eigenvalue weighted by molar-refractivity contribution is 14.1. The third-order valence-corrected chi connectivity index (χ3v) is 4.29. The van der Waals surface area contributed by atoms with E-state index in [2.05, 4.69) is 28.7 Å². The molecule has 0 aromatic heterocycles. The number of rotatable bonds is 2. The fourth-order valence-electron chi connectivity index (χ4n) is 2.20. The van der Waals surface area contributed by atoms with Crippen molar-refractivity contribution in [2.45, 2.75) is 18.9 Å². The molecule has 1 N–H and O–H groups in total. The van der Waals surface area contributed by atoms with Gasteiger partial charge in [0.25, 0.3) is 0 Å². The minimum absolute atomic E-state index is 0.294. The zero-order valence-corrected chi connectivity index (χ0v) is 11.8. The van der Waals surface area contributed by atoms with Gasteiger partial charge in [0.2, 0.25) is 0 Å². The fourth-order valence-corrected chi connectivity index (χ4v) is 2.56. The predicted molar refractivity (Wildman–Crippen MR) is 72.2 cm³/mol. The Kier molecular flexibility index (Phi) is 3.43. The molecule has 1 aliphatic heterocycles. The Hall–Kier alpha value is -0.640. The molecule has 0 radical (unpaired) electrons. The van der Waals surface area contributed by atoms with E-state index in [9.17, 15) is 10.4 Å². The number of nitrogens with zero attached hydrogens (tertiary/aromatic N) is 1. The van der Waals surface area contributed by atoms with Crippen molar-refractivity contribution >= 4 is 22.6 Å². The van der Waals surface area contributed by atoms with Crippen molar-refractivity contribution in [3.63, 3.8) is 0 Å². The average molecular weight is 343 g/mol. The first-order chi connectivity index (χ1) is 8.02. The van der Waals surface area contributed by atoms with E-state index in [4.69, 9.17) is 4.74 Å². The van der Waals surface area contributed by atoms with Gasteiger partial charge in [-0.3, -0.25) is 0 Å². The van der Waals surface area contributed by atoms with Crippen LogP contribution in [0.15, 0.2) is 24.3 Å². The lowest BCUT2D eigenvalue weighted by Gasteiger charge is -2.36. The summed E-state index contributed by atoms with van der Waals surface area (Å²) in [7, 11) is 0. The van der Waals surface area contributed by atoms with E-state index in [0.29, 0.717) is 19.6 Å². The lowest BCUT2D eigenvalue weighted by Crippen LogP contribution is -2.43. The maximum Gasteiger partial charge on any atom is 0.115 e. The number of benzene rings is 1. The third-order valence-electron chi connectivity index (χ3n) is 3.57. The smallest absolute Gasteiger partial charge is 0.115 e. The molecule has 90 valence electrons. The monoisotopic (exact) mass is 343 g/mol. The molecule has 1 heterocycles. The first kappa shape index (κ1) is 12.8. The minimum Gasteiger partial charge on any atom is -0.384 e. The Morgan fingerprint density at radius 3 is 2.59 bits per heavy atom. The van der Waals surface area contributed by atoms with Crippen LogP contribution >= 0.6 is 22.6 Å². The van der Waals surface area contributed by atoms with E-state index >= 15 is 0 Å². The highest BCUT2D eigenvalue weighted by Gasteiger charge is 2.51. The summed E-state index contributed by atoms with van der Waals surface area (Å²) in [5, 5.41) is 20.1. The van der Waals surface area contributed by atoms with Gasteiger partial charge in [0.15, 0.2) is 0 Å². The number of hydrogen-bond acceptors (Lipinski definition) is 3. The average Bonchev–Trinajstić information content (AvgIpc) is 2.79. The molecule has 2 rings (SSSR count). The standard InChI is InChI=1S/C13H14INO2/c1-12(16,10-2-4-11(14)5-3-10)13(8-15)6-7-17-9-13/h2-5,16H,6-7,9H2,1H3. The Labute approximate surface area is 115 Å². The van der Waals surface area contributed by atoms with Crippen molar-refractivity contribution < 1.29 is 9.84 Å². The minimum atomic E-state index is -1.18. The number of aliphatic hydroxyl groups is 1.